The lowest BCUT2D eigenvalue weighted by molar-refractivity contribution is -0.116. The predicted octanol–water partition coefficient (Wildman–Crippen LogP) is 5.01. The molecule has 0 aliphatic carbocycles. The van der Waals surface area contributed by atoms with Gasteiger partial charge in [0.1, 0.15) is 0 Å². The minimum Gasteiger partial charge on any atom is -0.326 e. The van der Waals surface area contributed by atoms with Crippen molar-refractivity contribution in [3.8, 4) is 0 Å². The number of benzene rings is 1. The first kappa shape index (κ1) is 14.5. The zero-order valence-electron chi connectivity index (χ0n) is 9.93. The molecule has 94 valence electrons. The summed E-state index contributed by atoms with van der Waals surface area (Å²) in [6, 6.07) is 5.38. The highest BCUT2D eigenvalue weighted by molar-refractivity contribution is 9.10. The van der Waals surface area contributed by atoms with Crippen molar-refractivity contribution in [2.45, 2.75) is 39.0 Å². The van der Waals surface area contributed by atoms with Crippen LogP contribution in [-0.2, 0) is 4.79 Å². The number of hydrogen-bond acceptors (Lipinski definition) is 1. The van der Waals surface area contributed by atoms with Crippen LogP contribution in [0.15, 0.2) is 22.7 Å². The Bertz CT molecular complexity index is 382. The first-order valence-electron chi connectivity index (χ1n) is 5.88. The van der Waals surface area contributed by atoms with E-state index in [1.165, 1.54) is 12.8 Å². The van der Waals surface area contributed by atoms with E-state index in [0.717, 1.165) is 23.0 Å². The molecule has 1 aromatic carbocycles. The SMILES string of the molecule is CCCCCCC(=O)Nc1ccc(Cl)c(Br)c1. The molecule has 0 aromatic heterocycles. The largest absolute Gasteiger partial charge is 0.326 e. The van der Waals surface area contributed by atoms with E-state index < -0.39 is 0 Å². The molecule has 0 aliphatic rings. The monoisotopic (exact) mass is 317 g/mol. The molecule has 0 fully saturated rings. The van der Waals surface area contributed by atoms with E-state index in [9.17, 15) is 4.79 Å². The first-order valence-corrected chi connectivity index (χ1v) is 7.05. The zero-order valence-corrected chi connectivity index (χ0v) is 12.3. The van der Waals surface area contributed by atoms with Gasteiger partial charge in [-0.2, -0.15) is 0 Å². The van der Waals surface area contributed by atoms with Crippen molar-refractivity contribution in [2.75, 3.05) is 5.32 Å². The van der Waals surface area contributed by atoms with E-state index in [1.807, 2.05) is 6.07 Å². The molecule has 0 saturated carbocycles. The molecule has 1 aromatic rings. The molecule has 0 bridgehead atoms. The molecule has 0 spiro atoms. The van der Waals surface area contributed by atoms with Crippen molar-refractivity contribution in [1.29, 1.82) is 0 Å². The standard InChI is InChI=1S/C13H17BrClNO/c1-2-3-4-5-6-13(17)16-10-7-8-12(15)11(14)9-10/h7-9H,2-6H2,1H3,(H,16,17). The summed E-state index contributed by atoms with van der Waals surface area (Å²) in [6.45, 7) is 2.16. The maximum atomic E-state index is 11.6. The summed E-state index contributed by atoms with van der Waals surface area (Å²) in [5, 5.41) is 3.50. The average molecular weight is 319 g/mol. The summed E-state index contributed by atoms with van der Waals surface area (Å²) in [5.74, 6) is 0.0651. The smallest absolute Gasteiger partial charge is 0.224 e. The van der Waals surface area contributed by atoms with Crippen LogP contribution in [0.3, 0.4) is 0 Å². The quantitative estimate of drug-likeness (QED) is 0.734. The van der Waals surface area contributed by atoms with Gasteiger partial charge >= 0.3 is 0 Å². The Kier molecular flexibility index (Phi) is 6.60. The molecule has 0 heterocycles. The number of amides is 1. The van der Waals surface area contributed by atoms with Crippen molar-refractivity contribution >= 4 is 39.1 Å². The molecule has 4 heteroatoms. The van der Waals surface area contributed by atoms with Gasteiger partial charge in [0.2, 0.25) is 5.91 Å². The normalized spacial score (nSPS) is 10.3. The Morgan fingerprint density at radius 2 is 2.12 bits per heavy atom. The minimum absolute atomic E-state index is 0.0651. The van der Waals surface area contributed by atoms with Crippen molar-refractivity contribution in [3.05, 3.63) is 27.7 Å². The molecule has 1 amide bonds. The van der Waals surface area contributed by atoms with Crippen LogP contribution in [0, 0.1) is 0 Å². The number of halogens is 2. The number of nitrogens with one attached hydrogen (secondary N) is 1. The minimum atomic E-state index is 0.0651. The Morgan fingerprint density at radius 1 is 1.35 bits per heavy atom. The summed E-state index contributed by atoms with van der Waals surface area (Å²) in [5.41, 5.74) is 0.779. The predicted molar refractivity (Wildman–Crippen MR) is 76.5 cm³/mol. The summed E-state index contributed by atoms with van der Waals surface area (Å²) >= 11 is 9.20. The van der Waals surface area contributed by atoms with Crippen molar-refractivity contribution in [2.24, 2.45) is 0 Å². The fourth-order valence-corrected chi connectivity index (χ4v) is 2.01. The maximum absolute atomic E-state index is 11.6. The van der Waals surface area contributed by atoms with E-state index in [-0.39, 0.29) is 5.91 Å². The van der Waals surface area contributed by atoms with Gasteiger partial charge < -0.3 is 5.32 Å². The van der Waals surface area contributed by atoms with Gasteiger partial charge in [-0.15, -0.1) is 0 Å². The van der Waals surface area contributed by atoms with E-state index in [4.69, 9.17) is 11.6 Å². The number of rotatable bonds is 6. The molecule has 1 N–H and O–H groups in total. The third kappa shape index (κ3) is 5.55. The Hall–Kier alpha value is -0.540. The van der Waals surface area contributed by atoms with Gasteiger partial charge in [0.15, 0.2) is 0 Å². The summed E-state index contributed by atoms with van der Waals surface area (Å²) in [7, 11) is 0. The van der Waals surface area contributed by atoms with Crippen LogP contribution in [0.25, 0.3) is 0 Å². The van der Waals surface area contributed by atoms with Gasteiger partial charge in [0, 0.05) is 16.6 Å². The Balaban J connectivity index is 2.37. The molecule has 0 saturated heterocycles. The van der Waals surface area contributed by atoms with Crippen LogP contribution in [0.1, 0.15) is 39.0 Å². The first-order chi connectivity index (χ1) is 8.13. The van der Waals surface area contributed by atoms with Gasteiger partial charge in [0.25, 0.3) is 0 Å². The lowest BCUT2D eigenvalue weighted by Crippen LogP contribution is -2.10. The van der Waals surface area contributed by atoms with Crippen LogP contribution in [-0.4, -0.2) is 5.91 Å². The molecule has 1 rings (SSSR count). The number of anilines is 1. The van der Waals surface area contributed by atoms with Crippen molar-refractivity contribution in [3.63, 3.8) is 0 Å². The average Bonchev–Trinajstić information content (AvgIpc) is 2.30. The molecule has 0 unspecified atom stereocenters. The molecule has 0 radical (unpaired) electrons. The number of unbranched alkanes of at least 4 members (excludes halogenated alkanes) is 3. The van der Waals surface area contributed by atoms with Crippen LogP contribution in [0.2, 0.25) is 5.02 Å². The summed E-state index contributed by atoms with van der Waals surface area (Å²) in [4.78, 5) is 11.6. The van der Waals surface area contributed by atoms with E-state index in [1.54, 1.807) is 12.1 Å². The van der Waals surface area contributed by atoms with Gasteiger partial charge in [-0.1, -0.05) is 37.8 Å². The molecular formula is C13H17BrClNO. The van der Waals surface area contributed by atoms with Crippen LogP contribution >= 0.6 is 27.5 Å². The molecular weight excluding hydrogens is 302 g/mol. The third-order valence-electron chi connectivity index (χ3n) is 2.46. The lowest BCUT2D eigenvalue weighted by Gasteiger charge is -2.06. The summed E-state index contributed by atoms with van der Waals surface area (Å²) in [6.07, 6.45) is 5.04. The second-order valence-corrected chi connectivity index (χ2v) is 5.25. The third-order valence-corrected chi connectivity index (χ3v) is 3.67. The molecule has 17 heavy (non-hydrogen) atoms. The number of carbonyl (C=O) groups is 1. The van der Waals surface area contributed by atoms with E-state index >= 15 is 0 Å². The van der Waals surface area contributed by atoms with Gasteiger partial charge in [-0.05, 0) is 40.5 Å². The number of hydrogen-bond donors (Lipinski definition) is 1. The van der Waals surface area contributed by atoms with Gasteiger partial charge in [0.05, 0.1) is 5.02 Å². The highest BCUT2D eigenvalue weighted by atomic mass is 79.9. The number of carbonyl (C=O) groups excluding carboxylic acids is 1. The zero-order chi connectivity index (χ0) is 12.7. The lowest BCUT2D eigenvalue weighted by atomic mass is 10.1. The van der Waals surface area contributed by atoms with Crippen LogP contribution in [0.4, 0.5) is 5.69 Å². The molecule has 0 atom stereocenters. The fraction of sp³-hybridized carbons (Fsp3) is 0.462. The van der Waals surface area contributed by atoms with Gasteiger partial charge in [-0.25, -0.2) is 0 Å². The van der Waals surface area contributed by atoms with Crippen molar-refractivity contribution < 1.29 is 4.79 Å². The molecule has 2 nitrogen and oxygen atoms in total. The maximum Gasteiger partial charge on any atom is 0.224 e. The van der Waals surface area contributed by atoms with Crippen molar-refractivity contribution in [1.82, 2.24) is 0 Å². The topological polar surface area (TPSA) is 29.1 Å². The van der Waals surface area contributed by atoms with Gasteiger partial charge in [-0.3, -0.25) is 4.79 Å². The van der Waals surface area contributed by atoms with Crippen LogP contribution in [0.5, 0.6) is 0 Å². The fourth-order valence-electron chi connectivity index (χ4n) is 1.51. The Morgan fingerprint density at radius 3 is 2.76 bits per heavy atom. The van der Waals surface area contributed by atoms with E-state index in [2.05, 4.69) is 28.2 Å². The van der Waals surface area contributed by atoms with Crippen LogP contribution < -0.4 is 5.32 Å². The Labute approximate surface area is 116 Å². The second kappa shape index (κ2) is 7.72. The second-order valence-electron chi connectivity index (χ2n) is 3.99. The highest BCUT2D eigenvalue weighted by Crippen LogP contribution is 2.25. The van der Waals surface area contributed by atoms with E-state index in [0.29, 0.717) is 11.4 Å². The molecule has 0 aliphatic heterocycles. The summed E-state index contributed by atoms with van der Waals surface area (Å²) < 4.78 is 0.794. The highest BCUT2D eigenvalue weighted by Gasteiger charge is 2.04.